The normalized spacial score (nSPS) is 16.5. The highest BCUT2D eigenvalue weighted by atomic mass is 35.5. The number of hydrogen-bond donors (Lipinski definition) is 3. The van der Waals surface area contributed by atoms with E-state index in [-0.39, 0.29) is 10.5 Å². The molecule has 0 aliphatic carbocycles. The van der Waals surface area contributed by atoms with E-state index >= 15 is 0 Å². The number of carbonyl (C=O) groups excluding carboxylic acids is 1. The average Bonchev–Trinajstić information content (AvgIpc) is 3.18. The maximum absolute atomic E-state index is 12.9. The van der Waals surface area contributed by atoms with Crippen LogP contribution in [0.25, 0.3) is 0 Å². The van der Waals surface area contributed by atoms with Crippen LogP contribution < -0.4 is 10.6 Å². The van der Waals surface area contributed by atoms with Gasteiger partial charge in [-0.05, 0) is 17.7 Å². The first-order chi connectivity index (χ1) is 12.2. The first kappa shape index (κ1) is 23.1. The van der Waals surface area contributed by atoms with Gasteiger partial charge in [0, 0.05) is 12.8 Å². The van der Waals surface area contributed by atoms with Gasteiger partial charge < -0.3 is 15.2 Å². The lowest BCUT2D eigenvalue weighted by Crippen LogP contribution is -2.43. The van der Waals surface area contributed by atoms with Crippen molar-refractivity contribution in [3.8, 4) is 0 Å². The molecule has 1 heterocycles. The number of aliphatic hydroxyl groups excluding tert-OH is 1. The summed E-state index contributed by atoms with van der Waals surface area (Å²) >= 11 is 10.7. The molecule has 1 amide bonds. The molecule has 1 aromatic carbocycles. The zero-order chi connectivity index (χ0) is 19.7. The van der Waals surface area contributed by atoms with Crippen LogP contribution in [-0.4, -0.2) is 63.1 Å². The van der Waals surface area contributed by atoms with Gasteiger partial charge in [-0.3, -0.25) is 10.1 Å². The zero-order valence-corrected chi connectivity index (χ0v) is 16.3. The lowest BCUT2D eigenvalue weighted by Gasteiger charge is -2.22. The number of hydrogen-bond acceptors (Lipinski definition) is 6. The minimum Gasteiger partial charge on any atom is -0.386 e. The van der Waals surface area contributed by atoms with Gasteiger partial charge in [0.25, 0.3) is 5.91 Å². The van der Waals surface area contributed by atoms with Crippen LogP contribution in [0.4, 0.5) is 4.39 Å². The van der Waals surface area contributed by atoms with Crippen LogP contribution in [0, 0.1) is 0 Å². The Morgan fingerprint density at radius 1 is 1.38 bits per heavy atom. The standard InChI is InChI=1S/C12H14Cl2FNO4S.C3H7NO/c1-21(19,20)8-4-2-7(3-5-8)10(17)9(6-15)16-12(18)11(13)14;1-2-5-3-4-1/h2-5,9-11,17H,6H2,1H3,(H,16,18);4H,1-3H2/t9-,10-;/m1./s1. The van der Waals surface area contributed by atoms with Crippen LogP contribution in [0.5, 0.6) is 0 Å². The number of ether oxygens (including phenoxy) is 1. The summed E-state index contributed by atoms with van der Waals surface area (Å²) in [7, 11) is -3.36. The second-order valence-corrected chi connectivity index (χ2v) is 8.52. The van der Waals surface area contributed by atoms with E-state index in [1.807, 2.05) is 0 Å². The molecule has 148 valence electrons. The Morgan fingerprint density at radius 2 is 2.00 bits per heavy atom. The Kier molecular flexibility index (Phi) is 9.77. The molecular formula is C15H21Cl2FN2O5S. The molecule has 1 aliphatic heterocycles. The molecule has 1 fully saturated rings. The number of amides is 1. The molecule has 0 saturated carbocycles. The SMILES string of the molecule is C1COCN1.CS(=O)(=O)c1ccc([C@@H](O)[C@@H](CF)NC(=O)C(Cl)Cl)cc1. The van der Waals surface area contributed by atoms with Crippen molar-refractivity contribution < 1.29 is 27.4 Å². The van der Waals surface area contributed by atoms with Gasteiger partial charge in [0.2, 0.25) is 0 Å². The summed E-state index contributed by atoms with van der Waals surface area (Å²) in [6, 6.07) is 4.03. The number of alkyl halides is 3. The molecule has 2 rings (SSSR count). The van der Waals surface area contributed by atoms with Crippen molar-refractivity contribution in [2.75, 3.05) is 32.8 Å². The summed E-state index contributed by atoms with van der Waals surface area (Å²) in [5, 5.41) is 15.2. The molecule has 3 N–H and O–H groups in total. The topological polar surface area (TPSA) is 105 Å². The summed E-state index contributed by atoms with van der Waals surface area (Å²) < 4.78 is 40.4. The maximum atomic E-state index is 12.9. The number of sulfone groups is 1. The molecule has 26 heavy (non-hydrogen) atoms. The third-order valence-corrected chi connectivity index (χ3v) is 4.88. The van der Waals surface area contributed by atoms with Crippen molar-refractivity contribution in [3.63, 3.8) is 0 Å². The summed E-state index contributed by atoms with van der Waals surface area (Å²) in [5.41, 5.74) is 0.256. The molecule has 0 unspecified atom stereocenters. The molecule has 1 aromatic rings. The summed E-state index contributed by atoms with van der Waals surface area (Å²) in [6.07, 6.45) is -0.316. The monoisotopic (exact) mass is 430 g/mol. The van der Waals surface area contributed by atoms with Crippen molar-refractivity contribution in [3.05, 3.63) is 29.8 Å². The fourth-order valence-electron chi connectivity index (χ4n) is 1.95. The fraction of sp³-hybridized carbons (Fsp3) is 0.533. The number of aliphatic hydroxyl groups is 1. The number of carbonyl (C=O) groups is 1. The van der Waals surface area contributed by atoms with E-state index in [0.29, 0.717) is 0 Å². The number of halogens is 3. The first-order valence-electron chi connectivity index (χ1n) is 7.58. The Morgan fingerprint density at radius 3 is 2.35 bits per heavy atom. The van der Waals surface area contributed by atoms with E-state index in [0.717, 1.165) is 26.1 Å². The minimum atomic E-state index is -3.36. The number of rotatable bonds is 6. The lowest BCUT2D eigenvalue weighted by molar-refractivity contribution is -0.121. The van der Waals surface area contributed by atoms with E-state index in [4.69, 9.17) is 27.9 Å². The summed E-state index contributed by atoms with van der Waals surface area (Å²) in [4.78, 5) is 10.00. The highest BCUT2D eigenvalue weighted by molar-refractivity contribution is 7.90. The summed E-state index contributed by atoms with van der Waals surface area (Å²) in [5.74, 6) is -0.826. The highest BCUT2D eigenvalue weighted by Crippen LogP contribution is 2.20. The molecule has 0 bridgehead atoms. The van der Waals surface area contributed by atoms with E-state index in [1.165, 1.54) is 24.3 Å². The predicted molar refractivity (Wildman–Crippen MR) is 96.7 cm³/mol. The van der Waals surface area contributed by atoms with E-state index in [1.54, 1.807) is 0 Å². The van der Waals surface area contributed by atoms with Gasteiger partial charge in [-0.2, -0.15) is 0 Å². The fourth-order valence-corrected chi connectivity index (χ4v) is 2.71. The average molecular weight is 431 g/mol. The largest absolute Gasteiger partial charge is 0.386 e. The second-order valence-electron chi connectivity index (χ2n) is 5.41. The molecule has 0 spiro atoms. The minimum absolute atomic E-state index is 0.0702. The van der Waals surface area contributed by atoms with Crippen LogP contribution in [0.1, 0.15) is 11.7 Å². The van der Waals surface area contributed by atoms with E-state index < -0.39 is 39.4 Å². The smallest absolute Gasteiger partial charge is 0.253 e. The van der Waals surface area contributed by atoms with Crippen molar-refractivity contribution in [1.82, 2.24) is 10.6 Å². The van der Waals surface area contributed by atoms with Gasteiger partial charge in [-0.25, -0.2) is 12.8 Å². The Bertz CT molecular complexity index is 662. The van der Waals surface area contributed by atoms with Gasteiger partial charge >= 0.3 is 0 Å². The van der Waals surface area contributed by atoms with Gasteiger partial charge in [-0.15, -0.1) is 0 Å². The summed E-state index contributed by atoms with van der Waals surface area (Å²) in [6.45, 7) is 1.63. The number of nitrogens with one attached hydrogen (secondary N) is 2. The van der Waals surface area contributed by atoms with Crippen LogP contribution >= 0.6 is 23.2 Å². The van der Waals surface area contributed by atoms with Crippen molar-refractivity contribution in [2.45, 2.75) is 21.9 Å². The third kappa shape index (κ3) is 7.73. The van der Waals surface area contributed by atoms with E-state index in [9.17, 15) is 22.7 Å². The van der Waals surface area contributed by atoms with Gasteiger partial charge in [0.15, 0.2) is 14.7 Å². The van der Waals surface area contributed by atoms with Crippen molar-refractivity contribution in [1.29, 1.82) is 0 Å². The Balaban J connectivity index is 0.000000577. The molecule has 11 heteroatoms. The predicted octanol–water partition coefficient (Wildman–Crippen LogP) is 0.945. The van der Waals surface area contributed by atoms with Crippen molar-refractivity contribution >= 4 is 38.9 Å². The third-order valence-electron chi connectivity index (χ3n) is 3.35. The Labute approximate surface area is 161 Å². The van der Waals surface area contributed by atoms with Crippen LogP contribution in [0.3, 0.4) is 0 Å². The molecule has 0 aromatic heterocycles. The second kappa shape index (κ2) is 11.0. The van der Waals surface area contributed by atoms with Crippen LogP contribution in [0.15, 0.2) is 29.2 Å². The molecule has 0 radical (unpaired) electrons. The van der Waals surface area contributed by atoms with Gasteiger partial charge in [0.05, 0.1) is 24.3 Å². The molecular weight excluding hydrogens is 410 g/mol. The van der Waals surface area contributed by atoms with Gasteiger partial charge in [0.1, 0.15) is 12.8 Å². The Hall–Kier alpha value is -0.970. The van der Waals surface area contributed by atoms with E-state index in [2.05, 4.69) is 10.6 Å². The molecule has 2 atom stereocenters. The molecule has 1 saturated heterocycles. The van der Waals surface area contributed by atoms with Crippen LogP contribution in [0.2, 0.25) is 0 Å². The van der Waals surface area contributed by atoms with Crippen LogP contribution in [-0.2, 0) is 19.4 Å². The molecule has 7 nitrogen and oxygen atoms in total. The quantitative estimate of drug-likeness (QED) is 0.580. The number of benzene rings is 1. The lowest BCUT2D eigenvalue weighted by atomic mass is 10.0. The van der Waals surface area contributed by atoms with Gasteiger partial charge in [-0.1, -0.05) is 35.3 Å². The maximum Gasteiger partial charge on any atom is 0.253 e. The first-order valence-corrected chi connectivity index (χ1v) is 10.3. The molecule has 1 aliphatic rings. The zero-order valence-electron chi connectivity index (χ0n) is 14.0. The highest BCUT2D eigenvalue weighted by Gasteiger charge is 2.25. The van der Waals surface area contributed by atoms with Crippen molar-refractivity contribution in [2.24, 2.45) is 0 Å².